The second kappa shape index (κ2) is 8.47. The number of benzene rings is 1. The Balaban J connectivity index is 2.44. The number of ether oxygens (including phenoxy) is 1. The van der Waals surface area contributed by atoms with Crippen molar-refractivity contribution >= 4 is 11.8 Å². The Morgan fingerprint density at radius 2 is 2.09 bits per heavy atom. The highest BCUT2D eigenvalue weighted by molar-refractivity contribution is 5.68. The van der Waals surface area contributed by atoms with Crippen LogP contribution in [-0.4, -0.2) is 29.2 Å². The van der Waals surface area contributed by atoms with Crippen LogP contribution in [-0.2, 0) is 11.3 Å². The van der Waals surface area contributed by atoms with Gasteiger partial charge in [-0.1, -0.05) is 19.1 Å². The predicted molar refractivity (Wildman–Crippen MR) is 88.3 cm³/mol. The van der Waals surface area contributed by atoms with Gasteiger partial charge in [-0.25, -0.2) is 4.79 Å². The van der Waals surface area contributed by atoms with Gasteiger partial charge in [-0.05, 0) is 32.8 Å². The topological polar surface area (TPSA) is 93.5 Å². The van der Waals surface area contributed by atoms with Crippen LogP contribution in [0.3, 0.4) is 0 Å². The van der Waals surface area contributed by atoms with Crippen molar-refractivity contribution in [1.29, 1.82) is 0 Å². The highest BCUT2D eigenvalue weighted by Gasteiger charge is 2.18. The Labute approximate surface area is 136 Å². The zero-order valence-electron chi connectivity index (χ0n) is 14.1. The molecule has 0 radical (unpaired) electrons. The first kappa shape index (κ1) is 18.9. The minimum absolute atomic E-state index is 0.0662. The molecular formula is C16H25N3O4. The number of hydrogen-bond acceptors (Lipinski definition) is 5. The average molecular weight is 323 g/mol. The van der Waals surface area contributed by atoms with Crippen LogP contribution in [0.15, 0.2) is 24.3 Å². The molecule has 0 aliphatic carbocycles. The fraction of sp³-hybridized carbons (Fsp3) is 0.562. The number of nitro groups is 1. The van der Waals surface area contributed by atoms with Crippen LogP contribution < -0.4 is 10.6 Å². The molecule has 23 heavy (non-hydrogen) atoms. The molecule has 1 rings (SSSR count). The van der Waals surface area contributed by atoms with E-state index in [1.807, 2.05) is 33.8 Å². The van der Waals surface area contributed by atoms with Gasteiger partial charge in [-0.3, -0.25) is 10.1 Å². The minimum Gasteiger partial charge on any atom is -0.444 e. The van der Waals surface area contributed by atoms with E-state index in [4.69, 9.17) is 4.74 Å². The average Bonchev–Trinajstić information content (AvgIpc) is 2.44. The molecule has 0 aliphatic rings. The Morgan fingerprint density at radius 3 is 2.65 bits per heavy atom. The van der Waals surface area contributed by atoms with Gasteiger partial charge in [0, 0.05) is 31.3 Å². The summed E-state index contributed by atoms with van der Waals surface area (Å²) in [5.74, 6) is 0. The largest absolute Gasteiger partial charge is 0.444 e. The Morgan fingerprint density at radius 1 is 1.39 bits per heavy atom. The number of non-ortho nitro benzene ring substituents is 1. The summed E-state index contributed by atoms with van der Waals surface area (Å²) in [4.78, 5) is 22.1. The molecule has 7 heteroatoms. The third-order valence-corrected chi connectivity index (χ3v) is 3.05. The summed E-state index contributed by atoms with van der Waals surface area (Å²) >= 11 is 0. The predicted octanol–water partition coefficient (Wildman–Crippen LogP) is 2.99. The number of amides is 1. The molecule has 1 amide bonds. The van der Waals surface area contributed by atoms with E-state index >= 15 is 0 Å². The smallest absolute Gasteiger partial charge is 0.407 e. The van der Waals surface area contributed by atoms with E-state index in [2.05, 4.69) is 10.6 Å². The van der Waals surface area contributed by atoms with Crippen LogP contribution in [0, 0.1) is 10.1 Å². The van der Waals surface area contributed by atoms with E-state index in [1.165, 1.54) is 12.1 Å². The molecule has 1 aromatic rings. The van der Waals surface area contributed by atoms with E-state index in [9.17, 15) is 14.9 Å². The third-order valence-electron chi connectivity index (χ3n) is 3.05. The maximum atomic E-state index is 11.7. The first-order valence-corrected chi connectivity index (χ1v) is 7.65. The molecule has 1 unspecified atom stereocenters. The first-order chi connectivity index (χ1) is 10.7. The Bertz CT molecular complexity index is 540. The highest BCUT2D eigenvalue weighted by Crippen LogP contribution is 2.12. The van der Waals surface area contributed by atoms with Gasteiger partial charge >= 0.3 is 6.09 Å². The van der Waals surface area contributed by atoms with E-state index in [-0.39, 0.29) is 11.7 Å². The summed E-state index contributed by atoms with van der Waals surface area (Å²) in [6.45, 7) is 8.46. The van der Waals surface area contributed by atoms with Crippen molar-refractivity contribution in [3.8, 4) is 0 Å². The molecule has 0 spiro atoms. The van der Waals surface area contributed by atoms with E-state index < -0.39 is 16.6 Å². The minimum atomic E-state index is -0.529. The van der Waals surface area contributed by atoms with Crippen molar-refractivity contribution in [1.82, 2.24) is 10.6 Å². The lowest BCUT2D eigenvalue weighted by Crippen LogP contribution is -2.43. The number of nitro benzene ring substituents is 1. The second-order valence-electron chi connectivity index (χ2n) is 6.31. The van der Waals surface area contributed by atoms with E-state index in [1.54, 1.807) is 6.07 Å². The summed E-state index contributed by atoms with van der Waals surface area (Å²) in [7, 11) is 0. The van der Waals surface area contributed by atoms with Crippen molar-refractivity contribution in [3.05, 3.63) is 39.9 Å². The molecular weight excluding hydrogens is 298 g/mol. The molecule has 7 nitrogen and oxygen atoms in total. The molecule has 2 N–H and O–H groups in total. The van der Waals surface area contributed by atoms with Crippen LogP contribution >= 0.6 is 0 Å². The maximum absolute atomic E-state index is 11.7. The summed E-state index contributed by atoms with van der Waals surface area (Å²) < 4.78 is 5.22. The van der Waals surface area contributed by atoms with Crippen LogP contribution in [0.2, 0.25) is 0 Å². The quantitative estimate of drug-likeness (QED) is 0.594. The van der Waals surface area contributed by atoms with Crippen molar-refractivity contribution in [3.63, 3.8) is 0 Å². The number of alkyl carbamates (subject to hydrolysis) is 1. The number of carbonyl (C=O) groups excluding carboxylic acids is 1. The Hall–Kier alpha value is -2.15. The van der Waals surface area contributed by atoms with Crippen LogP contribution in [0.25, 0.3) is 0 Å². The van der Waals surface area contributed by atoms with Gasteiger partial charge in [-0.15, -0.1) is 0 Å². The number of nitrogens with zero attached hydrogens (tertiary/aromatic N) is 1. The van der Waals surface area contributed by atoms with Crippen molar-refractivity contribution < 1.29 is 14.5 Å². The zero-order valence-corrected chi connectivity index (χ0v) is 14.1. The second-order valence-corrected chi connectivity index (χ2v) is 6.31. The van der Waals surface area contributed by atoms with Crippen molar-refractivity contribution in [2.45, 2.75) is 52.3 Å². The molecule has 1 atom stereocenters. The lowest BCUT2D eigenvalue weighted by molar-refractivity contribution is -0.384. The molecule has 0 bridgehead atoms. The van der Waals surface area contributed by atoms with Crippen molar-refractivity contribution in [2.24, 2.45) is 0 Å². The molecule has 0 fully saturated rings. The number of carbonyl (C=O) groups is 1. The summed E-state index contributed by atoms with van der Waals surface area (Å²) in [5, 5.41) is 16.7. The van der Waals surface area contributed by atoms with Gasteiger partial charge in [0.15, 0.2) is 0 Å². The molecule has 0 aromatic heterocycles. The summed E-state index contributed by atoms with van der Waals surface area (Å²) in [6, 6.07) is 6.41. The summed E-state index contributed by atoms with van der Waals surface area (Å²) in [6.07, 6.45) is 0.308. The molecule has 0 saturated carbocycles. The monoisotopic (exact) mass is 323 g/mol. The number of hydrogen-bond donors (Lipinski definition) is 2. The van der Waals surface area contributed by atoms with Crippen LogP contribution in [0.1, 0.15) is 39.7 Å². The van der Waals surface area contributed by atoms with Crippen LogP contribution in [0.5, 0.6) is 0 Å². The number of nitrogens with one attached hydrogen (secondary N) is 2. The maximum Gasteiger partial charge on any atom is 0.407 e. The lowest BCUT2D eigenvalue weighted by atomic mass is 10.2. The van der Waals surface area contributed by atoms with Gasteiger partial charge in [0.05, 0.1) is 4.92 Å². The number of rotatable bonds is 7. The lowest BCUT2D eigenvalue weighted by Gasteiger charge is -2.23. The van der Waals surface area contributed by atoms with E-state index in [0.717, 1.165) is 12.0 Å². The molecule has 0 aliphatic heterocycles. The zero-order chi connectivity index (χ0) is 17.5. The third kappa shape index (κ3) is 7.60. The van der Waals surface area contributed by atoms with Crippen molar-refractivity contribution in [2.75, 3.05) is 6.54 Å². The molecule has 0 saturated heterocycles. The SMILES string of the molecule is CCC(CNCc1cccc([N+](=O)[O-])c1)NC(=O)OC(C)(C)C. The first-order valence-electron chi connectivity index (χ1n) is 7.65. The van der Waals surface area contributed by atoms with Gasteiger partial charge < -0.3 is 15.4 Å². The Kier molecular flexibility index (Phi) is 6.96. The molecule has 128 valence electrons. The molecule has 0 heterocycles. The fourth-order valence-electron chi connectivity index (χ4n) is 1.94. The van der Waals surface area contributed by atoms with Crippen LogP contribution in [0.4, 0.5) is 10.5 Å². The van der Waals surface area contributed by atoms with Gasteiger partial charge in [-0.2, -0.15) is 0 Å². The highest BCUT2D eigenvalue weighted by atomic mass is 16.6. The van der Waals surface area contributed by atoms with Gasteiger partial charge in [0.1, 0.15) is 5.60 Å². The van der Waals surface area contributed by atoms with Gasteiger partial charge in [0.2, 0.25) is 0 Å². The van der Waals surface area contributed by atoms with Gasteiger partial charge in [0.25, 0.3) is 5.69 Å². The molecule has 1 aromatic carbocycles. The fourth-order valence-corrected chi connectivity index (χ4v) is 1.94. The summed E-state index contributed by atoms with van der Waals surface area (Å²) in [5.41, 5.74) is 0.369. The standard InChI is InChI=1S/C16H25N3O4/c1-5-13(18-15(20)23-16(2,3)4)11-17-10-12-7-6-8-14(9-12)19(21)22/h6-9,13,17H,5,10-11H2,1-4H3,(H,18,20). The van der Waals surface area contributed by atoms with E-state index in [0.29, 0.717) is 13.1 Å². The normalized spacial score (nSPS) is 12.5.